The number of rotatable bonds is 7. The molecule has 0 fully saturated rings. The molecular weight excluding hydrogens is 514 g/mol. The molecule has 1 aromatic carbocycles. The van der Waals surface area contributed by atoms with E-state index in [2.05, 4.69) is 40.5 Å². The van der Waals surface area contributed by atoms with Gasteiger partial charge in [-0.3, -0.25) is 9.97 Å². The molecule has 0 radical (unpaired) electrons. The van der Waals surface area contributed by atoms with Gasteiger partial charge in [0, 0.05) is 35.5 Å². The zero-order valence-corrected chi connectivity index (χ0v) is 20.3. The molecule has 0 aliphatic heterocycles. The minimum absolute atomic E-state index is 0.0259. The third-order valence-corrected chi connectivity index (χ3v) is 5.43. The van der Waals surface area contributed by atoms with E-state index in [1.54, 1.807) is 49.6 Å². The minimum Gasteiger partial charge on any atom is -0.354 e. The molecule has 0 bridgehead atoms. The number of hydrogen-bond acceptors (Lipinski definition) is 8. The van der Waals surface area contributed by atoms with Crippen LogP contribution in [-0.2, 0) is 12.7 Å². The summed E-state index contributed by atoms with van der Waals surface area (Å²) in [5.41, 5.74) is 1.98. The van der Waals surface area contributed by atoms with Gasteiger partial charge in [-0.05, 0) is 49.4 Å². The summed E-state index contributed by atoms with van der Waals surface area (Å²) in [5.74, 6) is -0.637. The molecule has 0 spiro atoms. The van der Waals surface area contributed by atoms with Gasteiger partial charge in [-0.1, -0.05) is 0 Å². The van der Waals surface area contributed by atoms with Crippen molar-refractivity contribution < 1.29 is 17.6 Å². The zero-order chi connectivity index (χ0) is 27.4. The number of alkyl halides is 3. The van der Waals surface area contributed by atoms with Crippen molar-refractivity contribution in [2.24, 2.45) is 10.2 Å². The van der Waals surface area contributed by atoms with Crippen LogP contribution in [0.2, 0.25) is 0 Å². The quantitative estimate of drug-likeness (QED) is 0.186. The number of nitrogens with one attached hydrogen (secondary N) is 1. The molecule has 4 aromatic heterocycles. The lowest BCUT2D eigenvalue weighted by atomic mass is 10.1. The molecule has 4 heterocycles. The molecule has 0 saturated carbocycles. The van der Waals surface area contributed by atoms with Crippen LogP contribution >= 0.6 is 0 Å². The number of anilines is 2. The molecule has 0 amide bonds. The lowest BCUT2D eigenvalue weighted by Crippen LogP contribution is -2.07. The van der Waals surface area contributed by atoms with Gasteiger partial charge in [0.1, 0.15) is 12.2 Å². The summed E-state index contributed by atoms with van der Waals surface area (Å²) < 4.78 is 56.2. The number of azo groups is 1. The Bertz CT molecular complexity index is 1620. The maximum atomic E-state index is 14.1. The topological polar surface area (TPSA) is 106 Å². The van der Waals surface area contributed by atoms with Crippen molar-refractivity contribution in [2.45, 2.75) is 19.6 Å². The summed E-state index contributed by atoms with van der Waals surface area (Å²) >= 11 is 0. The van der Waals surface area contributed by atoms with Crippen molar-refractivity contribution in [3.05, 3.63) is 103 Å². The number of hydrogen-bond donors (Lipinski definition) is 1. The van der Waals surface area contributed by atoms with E-state index in [0.29, 0.717) is 28.3 Å². The average Bonchev–Trinajstić information content (AvgIpc) is 3.37. The van der Waals surface area contributed by atoms with E-state index >= 15 is 0 Å². The Morgan fingerprint density at radius 3 is 2.54 bits per heavy atom. The number of aryl methyl sites for hydroxylation is 1. The zero-order valence-electron chi connectivity index (χ0n) is 20.3. The van der Waals surface area contributed by atoms with Crippen molar-refractivity contribution in [2.75, 3.05) is 5.32 Å². The predicted octanol–water partition coefficient (Wildman–Crippen LogP) is 6.61. The number of aromatic nitrogens is 6. The van der Waals surface area contributed by atoms with Crippen LogP contribution in [0, 0.1) is 12.7 Å². The van der Waals surface area contributed by atoms with Crippen LogP contribution in [0.15, 0.2) is 90.0 Å². The molecule has 196 valence electrons. The van der Waals surface area contributed by atoms with Crippen LogP contribution in [0.3, 0.4) is 0 Å². The highest BCUT2D eigenvalue weighted by Gasteiger charge is 2.31. The van der Waals surface area contributed by atoms with Gasteiger partial charge < -0.3 is 9.88 Å². The molecule has 0 saturated heterocycles. The Morgan fingerprint density at radius 1 is 0.974 bits per heavy atom. The highest BCUT2D eigenvalue weighted by atomic mass is 19.4. The lowest BCUT2D eigenvalue weighted by molar-refractivity contribution is -0.137. The molecule has 5 aromatic rings. The monoisotopic (exact) mass is 533 g/mol. The number of imidazole rings is 1. The van der Waals surface area contributed by atoms with Crippen molar-refractivity contribution >= 4 is 17.3 Å². The van der Waals surface area contributed by atoms with E-state index in [1.807, 2.05) is 0 Å². The Labute approximate surface area is 219 Å². The van der Waals surface area contributed by atoms with Crippen molar-refractivity contribution in [3.8, 4) is 16.9 Å². The molecule has 0 unspecified atom stereocenters. The fraction of sp³-hybridized carbons (Fsp3) is 0.115. The lowest BCUT2D eigenvalue weighted by Gasteiger charge is -2.14. The molecule has 5 rings (SSSR count). The highest BCUT2D eigenvalue weighted by Crippen LogP contribution is 2.34. The summed E-state index contributed by atoms with van der Waals surface area (Å²) in [4.78, 5) is 20.2. The number of pyridine rings is 2. The molecule has 13 heteroatoms. The summed E-state index contributed by atoms with van der Waals surface area (Å²) in [7, 11) is 0. The van der Waals surface area contributed by atoms with Crippen LogP contribution < -0.4 is 5.32 Å². The van der Waals surface area contributed by atoms with E-state index < -0.39 is 17.6 Å². The normalized spacial score (nSPS) is 11.7. The Hall–Kier alpha value is -5.07. The third-order valence-electron chi connectivity index (χ3n) is 5.43. The Kier molecular flexibility index (Phi) is 7.04. The smallest absolute Gasteiger partial charge is 0.354 e. The second-order valence-corrected chi connectivity index (χ2v) is 8.36. The SMILES string of the molecule is Cc1cn(-c2cc(Nc3ccc(CN=Nc4ncc(F)c(-c5cccnc5)n4)nc3)cc(C(F)(F)F)c2)cn1. The molecule has 39 heavy (non-hydrogen) atoms. The molecule has 0 aliphatic carbocycles. The fourth-order valence-electron chi connectivity index (χ4n) is 3.60. The van der Waals surface area contributed by atoms with Gasteiger partial charge in [-0.15, -0.1) is 5.11 Å². The van der Waals surface area contributed by atoms with E-state index in [-0.39, 0.29) is 23.9 Å². The van der Waals surface area contributed by atoms with Crippen LogP contribution in [-0.4, -0.2) is 29.5 Å². The summed E-state index contributed by atoms with van der Waals surface area (Å²) in [5, 5.41) is 10.9. The average molecular weight is 533 g/mol. The highest BCUT2D eigenvalue weighted by molar-refractivity contribution is 5.63. The summed E-state index contributed by atoms with van der Waals surface area (Å²) in [6.45, 7) is 1.83. The molecule has 0 aliphatic rings. The summed E-state index contributed by atoms with van der Waals surface area (Å²) in [6, 6.07) is 10.3. The third kappa shape index (κ3) is 6.26. The first-order valence-corrected chi connectivity index (χ1v) is 11.5. The number of nitrogens with zero attached hydrogens (tertiary/aromatic N) is 8. The summed E-state index contributed by atoms with van der Waals surface area (Å²) in [6.07, 6.45) is 4.09. The molecule has 0 atom stereocenters. The maximum absolute atomic E-state index is 14.1. The second kappa shape index (κ2) is 10.7. The van der Waals surface area contributed by atoms with Gasteiger partial charge in [-0.2, -0.15) is 18.3 Å². The predicted molar refractivity (Wildman–Crippen MR) is 134 cm³/mol. The first-order chi connectivity index (χ1) is 18.7. The standard InChI is InChI=1S/C26H19F4N9/c1-16-14-39(15-34-16)22-8-18(26(28,29)30)7-21(9-22)36-20-5-4-19(32-11-20)12-35-38-25-33-13-23(27)24(37-25)17-3-2-6-31-10-17/h2-11,13-15,36H,12H2,1H3. The molecule has 9 nitrogen and oxygen atoms in total. The Balaban J connectivity index is 1.29. The van der Waals surface area contributed by atoms with E-state index in [9.17, 15) is 17.6 Å². The number of benzene rings is 1. The van der Waals surface area contributed by atoms with Crippen LogP contribution in [0.5, 0.6) is 0 Å². The van der Waals surface area contributed by atoms with Crippen molar-refractivity contribution in [1.82, 2.24) is 29.5 Å². The van der Waals surface area contributed by atoms with Gasteiger partial charge in [0.25, 0.3) is 5.95 Å². The first kappa shape index (κ1) is 25.6. The van der Waals surface area contributed by atoms with Gasteiger partial charge in [0.15, 0.2) is 5.82 Å². The molecule has 1 N–H and O–H groups in total. The van der Waals surface area contributed by atoms with Gasteiger partial charge in [-0.25, -0.2) is 19.3 Å². The van der Waals surface area contributed by atoms with Crippen LogP contribution in [0.1, 0.15) is 17.0 Å². The van der Waals surface area contributed by atoms with E-state index in [4.69, 9.17) is 0 Å². The van der Waals surface area contributed by atoms with E-state index in [0.717, 1.165) is 18.3 Å². The van der Waals surface area contributed by atoms with Gasteiger partial charge in [0.2, 0.25) is 0 Å². The maximum Gasteiger partial charge on any atom is 0.416 e. The van der Waals surface area contributed by atoms with Crippen molar-refractivity contribution in [1.29, 1.82) is 0 Å². The second-order valence-electron chi connectivity index (χ2n) is 8.36. The number of halogens is 4. The van der Waals surface area contributed by atoms with Crippen LogP contribution in [0.25, 0.3) is 16.9 Å². The van der Waals surface area contributed by atoms with Gasteiger partial charge >= 0.3 is 6.18 Å². The van der Waals surface area contributed by atoms with E-state index in [1.165, 1.54) is 23.3 Å². The fourth-order valence-corrected chi connectivity index (χ4v) is 3.60. The minimum atomic E-state index is -4.53. The van der Waals surface area contributed by atoms with Crippen LogP contribution in [0.4, 0.5) is 34.9 Å². The van der Waals surface area contributed by atoms with Gasteiger partial charge in [0.05, 0.1) is 41.4 Å². The molecular formula is C26H19F4N9. The van der Waals surface area contributed by atoms with Crippen molar-refractivity contribution in [3.63, 3.8) is 0 Å². The Morgan fingerprint density at radius 2 is 1.85 bits per heavy atom. The first-order valence-electron chi connectivity index (χ1n) is 11.5. The largest absolute Gasteiger partial charge is 0.416 e.